The quantitative estimate of drug-likeness (QED) is 0.494. The third-order valence-corrected chi connectivity index (χ3v) is 3.32. The number of amidine groups is 1. The van der Waals surface area contributed by atoms with E-state index in [1.165, 1.54) is 38.8 Å². The number of fused-ring (bicyclic) bond motifs is 2. The zero-order valence-electron chi connectivity index (χ0n) is 8.13. The Kier molecular flexibility index (Phi) is 2.54. The molecule has 1 heterocycles. The Bertz CT molecular complexity index is 190. The molecule has 0 aromatic heterocycles. The number of likely N-dealkylation sites (tertiary alicyclic amines) is 1. The van der Waals surface area contributed by atoms with Gasteiger partial charge in [0, 0.05) is 13.1 Å². The van der Waals surface area contributed by atoms with E-state index < -0.39 is 0 Å². The van der Waals surface area contributed by atoms with E-state index in [0.717, 1.165) is 11.8 Å². The molecular formula is C10H19N3. The van der Waals surface area contributed by atoms with E-state index in [0.29, 0.717) is 12.4 Å². The molecule has 1 aliphatic heterocycles. The fraction of sp³-hybridized carbons (Fsp3) is 0.900. The lowest BCUT2D eigenvalue weighted by atomic mass is 9.78. The molecule has 2 fully saturated rings. The molecule has 3 heteroatoms. The molecule has 13 heavy (non-hydrogen) atoms. The van der Waals surface area contributed by atoms with Crippen LogP contribution in [0.4, 0.5) is 0 Å². The zero-order chi connectivity index (χ0) is 9.26. The Balaban J connectivity index is 1.90. The Hall–Kier alpha value is -0.570. The van der Waals surface area contributed by atoms with Crippen LogP contribution in [0.2, 0.25) is 0 Å². The van der Waals surface area contributed by atoms with E-state index in [-0.39, 0.29) is 0 Å². The molecule has 1 saturated heterocycles. The molecule has 2 unspecified atom stereocenters. The van der Waals surface area contributed by atoms with Gasteiger partial charge < -0.3 is 5.73 Å². The van der Waals surface area contributed by atoms with Crippen LogP contribution < -0.4 is 5.73 Å². The molecule has 74 valence electrons. The third-order valence-electron chi connectivity index (χ3n) is 3.32. The minimum Gasteiger partial charge on any atom is -0.387 e. The van der Waals surface area contributed by atoms with E-state index >= 15 is 0 Å². The molecule has 3 nitrogen and oxygen atoms in total. The molecule has 0 amide bonds. The van der Waals surface area contributed by atoms with Crippen LogP contribution in [0.5, 0.6) is 0 Å². The topological polar surface area (TPSA) is 53.1 Å². The maximum atomic E-state index is 7.27. The van der Waals surface area contributed by atoms with Gasteiger partial charge in [-0.2, -0.15) is 0 Å². The van der Waals surface area contributed by atoms with Crippen molar-refractivity contribution in [3.05, 3.63) is 0 Å². The van der Waals surface area contributed by atoms with Gasteiger partial charge in [-0.25, -0.2) is 0 Å². The van der Waals surface area contributed by atoms with E-state index in [2.05, 4.69) is 4.90 Å². The van der Waals surface area contributed by atoms with Crippen LogP contribution in [0.3, 0.4) is 0 Å². The standard InChI is InChI=1S/C10H19N3/c11-10(12)7-13-5-8-2-1-3-9(4-8)6-13/h8-9H,1-7H2,(H3,11,12). The molecule has 0 spiro atoms. The molecule has 0 aromatic rings. The Labute approximate surface area is 79.8 Å². The maximum absolute atomic E-state index is 7.27. The summed E-state index contributed by atoms with van der Waals surface area (Å²) in [7, 11) is 0. The largest absolute Gasteiger partial charge is 0.387 e. The predicted molar refractivity (Wildman–Crippen MR) is 53.8 cm³/mol. The van der Waals surface area contributed by atoms with Crippen molar-refractivity contribution in [2.45, 2.75) is 25.7 Å². The number of hydrogen-bond donors (Lipinski definition) is 2. The molecular weight excluding hydrogens is 162 g/mol. The maximum Gasteiger partial charge on any atom is 0.105 e. The van der Waals surface area contributed by atoms with Gasteiger partial charge in [0.2, 0.25) is 0 Å². The predicted octanol–water partition coefficient (Wildman–Crippen LogP) is 1.04. The molecule has 2 rings (SSSR count). The Morgan fingerprint density at radius 1 is 1.31 bits per heavy atom. The first-order valence-electron chi connectivity index (χ1n) is 5.29. The number of nitrogens with zero attached hydrogens (tertiary/aromatic N) is 1. The van der Waals surface area contributed by atoms with Crippen LogP contribution in [0.25, 0.3) is 0 Å². The van der Waals surface area contributed by atoms with Crippen molar-refractivity contribution in [1.82, 2.24) is 4.90 Å². The molecule has 0 radical (unpaired) electrons. The van der Waals surface area contributed by atoms with Gasteiger partial charge in [-0.1, -0.05) is 6.42 Å². The molecule has 2 atom stereocenters. The van der Waals surface area contributed by atoms with Crippen molar-refractivity contribution in [3.8, 4) is 0 Å². The van der Waals surface area contributed by atoms with Gasteiger partial charge >= 0.3 is 0 Å². The Morgan fingerprint density at radius 3 is 2.46 bits per heavy atom. The first-order chi connectivity index (χ1) is 6.24. The summed E-state index contributed by atoms with van der Waals surface area (Å²) in [5.41, 5.74) is 5.42. The third kappa shape index (κ3) is 2.21. The molecule has 1 aliphatic carbocycles. The lowest BCUT2D eigenvalue weighted by molar-refractivity contribution is 0.0984. The van der Waals surface area contributed by atoms with Crippen molar-refractivity contribution in [2.24, 2.45) is 17.6 Å². The van der Waals surface area contributed by atoms with E-state index in [4.69, 9.17) is 11.1 Å². The van der Waals surface area contributed by atoms with Crippen LogP contribution in [0.15, 0.2) is 0 Å². The average Bonchev–Trinajstić information content (AvgIpc) is 2.01. The van der Waals surface area contributed by atoms with Crippen molar-refractivity contribution < 1.29 is 0 Å². The van der Waals surface area contributed by atoms with Gasteiger partial charge in [-0.05, 0) is 31.1 Å². The monoisotopic (exact) mass is 181 g/mol. The SMILES string of the molecule is N=C(N)CN1CC2CCCC(C2)C1. The first-order valence-corrected chi connectivity index (χ1v) is 5.29. The van der Waals surface area contributed by atoms with Crippen LogP contribution in [-0.2, 0) is 0 Å². The molecule has 2 aliphatic rings. The van der Waals surface area contributed by atoms with Crippen molar-refractivity contribution in [1.29, 1.82) is 5.41 Å². The van der Waals surface area contributed by atoms with Gasteiger partial charge in [-0.3, -0.25) is 10.3 Å². The van der Waals surface area contributed by atoms with Crippen LogP contribution in [-0.4, -0.2) is 30.4 Å². The highest BCUT2D eigenvalue weighted by molar-refractivity contribution is 5.78. The van der Waals surface area contributed by atoms with Gasteiger partial charge in [-0.15, -0.1) is 0 Å². The van der Waals surface area contributed by atoms with Crippen molar-refractivity contribution in [3.63, 3.8) is 0 Å². The fourth-order valence-electron chi connectivity index (χ4n) is 2.91. The van der Waals surface area contributed by atoms with Crippen LogP contribution in [0.1, 0.15) is 25.7 Å². The van der Waals surface area contributed by atoms with E-state index in [1.807, 2.05) is 0 Å². The summed E-state index contributed by atoms with van der Waals surface area (Å²) in [4.78, 5) is 2.36. The van der Waals surface area contributed by atoms with Crippen LogP contribution in [0, 0.1) is 17.2 Å². The van der Waals surface area contributed by atoms with Crippen LogP contribution >= 0.6 is 0 Å². The lowest BCUT2D eigenvalue weighted by Crippen LogP contribution is -2.45. The second-order valence-electron chi connectivity index (χ2n) is 4.62. The highest BCUT2D eigenvalue weighted by Gasteiger charge is 2.30. The normalized spacial score (nSPS) is 34.5. The van der Waals surface area contributed by atoms with Crippen molar-refractivity contribution >= 4 is 5.84 Å². The number of nitrogens with one attached hydrogen (secondary N) is 1. The number of hydrogen-bond acceptors (Lipinski definition) is 2. The fourth-order valence-corrected chi connectivity index (χ4v) is 2.91. The first kappa shape index (κ1) is 9.00. The van der Waals surface area contributed by atoms with Gasteiger partial charge in [0.25, 0.3) is 0 Å². The van der Waals surface area contributed by atoms with E-state index in [9.17, 15) is 0 Å². The van der Waals surface area contributed by atoms with Gasteiger partial charge in [0.05, 0.1) is 6.54 Å². The second-order valence-corrected chi connectivity index (χ2v) is 4.62. The summed E-state index contributed by atoms with van der Waals surface area (Å²) in [5, 5.41) is 7.27. The number of nitrogens with two attached hydrogens (primary N) is 1. The molecule has 3 N–H and O–H groups in total. The number of piperidine rings is 1. The molecule has 1 saturated carbocycles. The minimum absolute atomic E-state index is 0.319. The molecule has 2 bridgehead atoms. The summed E-state index contributed by atoms with van der Waals surface area (Å²) >= 11 is 0. The average molecular weight is 181 g/mol. The summed E-state index contributed by atoms with van der Waals surface area (Å²) in [6.07, 6.45) is 5.63. The summed E-state index contributed by atoms with van der Waals surface area (Å²) in [6, 6.07) is 0. The van der Waals surface area contributed by atoms with Gasteiger partial charge in [0.1, 0.15) is 5.84 Å². The van der Waals surface area contributed by atoms with Crippen molar-refractivity contribution in [2.75, 3.05) is 19.6 Å². The molecule has 0 aromatic carbocycles. The van der Waals surface area contributed by atoms with E-state index in [1.54, 1.807) is 0 Å². The number of rotatable bonds is 2. The van der Waals surface area contributed by atoms with Gasteiger partial charge in [0.15, 0.2) is 0 Å². The lowest BCUT2D eigenvalue weighted by Gasteiger charge is -2.41. The highest BCUT2D eigenvalue weighted by Crippen LogP contribution is 2.33. The minimum atomic E-state index is 0.319. The Morgan fingerprint density at radius 2 is 1.92 bits per heavy atom. The summed E-state index contributed by atoms with van der Waals surface area (Å²) < 4.78 is 0. The highest BCUT2D eigenvalue weighted by atomic mass is 15.2. The smallest absolute Gasteiger partial charge is 0.105 e. The summed E-state index contributed by atoms with van der Waals surface area (Å²) in [6.45, 7) is 3.04. The second kappa shape index (κ2) is 3.66. The summed E-state index contributed by atoms with van der Waals surface area (Å²) in [5.74, 6) is 2.11. The zero-order valence-corrected chi connectivity index (χ0v) is 8.13.